The van der Waals surface area contributed by atoms with Crippen molar-refractivity contribution in [1.29, 1.82) is 0 Å². The van der Waals surface area contributed by atoms with Crippen molar-refractivity contribution in [2.75, 3.05) is 19.0 Å². The zero-order chi connectivity index (χ0) is 14.7. The van der Waals surface area contributed by atoms with Crippen LogP contribution in [-0.2, 0) is 0 Å². The second-order valence-electron chi connectivity index (χ2n) is 5.51. The monoisotopic (exact) mass is 283 g/mol. The number of hydrogen-bond acceptors (Lipinski definition) is 3. The van der Waals surface area contributed by atoms with Gasteiger partial charge in [-0.3, -0.25) is 0 Å². The number of aliphatic hydroxyl groups excluding tert-OH is 1. The minimum absolute atomic E-state index is 0.0704. The van der Waals surface area contributed by atoms with Gasteiger partial charge >= 0.3 is 0 Å². The predicted molar refractivity (Wildman–Crippen MR) is 84.9 cm³/mol. The van der Waals surface area contributed by atoms with E-state index < -0.39 is 0 Å². The van der Waals surface area contributed by atoms with E-state index in [1.165, 1.54) is 24.0 Å². The lowest BCUT2D eigenvalue weighted by molar-refractivity contribution is 0.276. The van der Waals surface area contributed by atoms with Crippen molar-refractivity contribution in [2.45, 2.75) is 24.8 Å². The molecule has 0 aromatic heterocycles. The van der Waals surface area contributed by atoms with Gasteiger partial charge in [0.15, 0.2) is 0 Å². The number of aliphatic hydroxyl groups is 1. The van der Waals surface area contributed by atoms with Crippen LogP contribution in [0.3, 0.4) is 0 Å². The van der Waals surface area contributed by atoms with Crippen molar-refractivity contribution in [3.8, 4) is 5.75 Å². The molecule has 0 bridgehead atoms. The van der Waals surface area contributed by atoms with E-state index in [0.717, 1.165) is 11.4 Å². The number of nitrogens with one attached hydrogen (secondary N) is 1. The Balaban J connectivity index is 1.84. The molecule has 0 amide bonds. The summed E-state index contributed by atoms with van der Waals surface area (Å²) in [4.78, 5) is 0. The van der Waals surface area contributed by atoms with E-state index in [1.807, 2.05) is 30.3 Å². The van der Waals surface area contributed by atoms with Gasteiger partial charge in [0.1, 0.15) is 5.75 Å². The molecular weight excluding hydrogens is 262 g/mol. The summed E-state index contributed by atoms with van der Waals surface area (Å²) in [5.74, 6) is 1.48. The predicted octanol–water partition coefficient (Wildman–Crippen LogP) is 3.72. The van der Waals surface area contributed by atoms with Crippen molar-refractivity contribution < 1.29 is 9.84 Å². The first kappa shape index (κ1) is 14.0. The molecule has 1 aliphatic carbocycles. The molecule has 3 heteroatoms. The molecule has 1 fully saturated rings. The number of rotatable bonds is 6. The van der Waals surface area contributed by atoms with Crippen molar-refractivity contribution in [3.63, 3.8) is 0 Å². The van der Waals surface area contributed by atoms with Crippen LogP contribution in [0.25, 0.3) is 0 Å². The number of benzene rings is 2. The molecule has 0 aliphatic heterocycles. The van der Waals surface area contributed by atoms with E-state index in [1.54, 1.807) is 7.11 Å². The van der Waals surface area contributed by atoms with Crippen molar-refractivity contribution in [1.82, 2.24) is 0 Å². The third-order valence-corrected chi connectivity index (χ3v) is 3.98. The standard InChI is InChI=1S/C18H21NO2/c1-21-15-6-4-5-14(11-15)19-18(12-20)17-8-3-2-7-16(17)13-9-10-13/h2-8,11,13,18-20H,9-10,12H2,1H3. The first-order valence-corrected chi connectivity index (χ1v) is 7.42. The van der Waals surface area contributed by atoms with Gasteiger partial charge in [-0.05, 0) is 42.0 Å². The highest BCUT2D eigenvalue weighted by molar-refractivity contribution is 5.51. The number of anilines is 1. The molecule has 1 aliphatic rings. The second-order valence-corrected chi connectivity index (χ2v) is 5.51. The van der Waals surface area contributed by atoms with Gasteiger partial charge in [0.05, 0.1) is 19.8 Å². The molecule has 3 nitrogen and oxygen atoms in total. The summed E-state index contributed by atoms with van der Waals surface area (Å²) in [6.45, 7) is 0.0704. The minimum atomic E-state index is -0.0890. The highest BCUT2D eigenvalue weighted by Gasteiger charge is 2.27. The fourth-order valence-corrected chi connectivity index (χ4v) is 2.73. The van der Waals surface area contributed by atoms with Crippen LogP contribution in [0.15, 0.2) is 48.5 Å². The summed E-state index contributed by atoms with van der Waals surface area (Å²) < 4.78 is 5.25. The third kappa shape index (κ3) is 3.19. The van der Waals surface area contributed by atoms with Crippen LogP contribution >= 0.6 is 0 Å². The van der Waals surface area contributed by atoms with Gasteiger partial charge in [-0.2, -0.15) is 0 Å². The van der Waals surface area contributed by atoms with Gasteiger partial charge < -0.3 is 15.2 Å². The average Bonchev–Trinajstić information content (AvgIpc) is 3.38. The van der Waals surface area contributed by atoms with Gasteiger partial charge in [-0.25, -0.2) is 0 Å². The van der Waals surface area contributed by atoms with Crippen LogP contribution in [0.1, 0.15) is 35.9 Å². The van der Waals surface area contributed by atoms with E-state index in [4.69, 9.17) is 4.74 Å². The lowest BCUT2D eigenvalue weighted by Gasteiger charge is -2.21. The number of ether oxygens (including phenoxy) is 1. The molecular formula is C18H21NO2. The van der Waals surface area contributed by atoms with E-state index >= 15 is 0 Å². The maximum atomic E-state index is 9.80. The molecule has 21 heavy (non-hydrogen) atoms. The Morgan fingerprint density at radius 1 is 1.19 bits per heavy atom. The number of methoxy groups -OCH3 is 1. The van der Waals surface area contributed by atoms with Crippen molar-refractivity contribution >= 4 is 5.69 Å². The summed E-state index contributed by atoms with van der Waals surface area (Å²) in [5.41, 5.74) is 3.52. The molecule has 0 radical (unpaired) electrons. The van der Waals surface area contributed by atoms with Crippen LogP contribution in [0.5, 0.6) is 5.75 Å². The average molecular weight is 283 g/mol. The fraction of sp³-hybridized carbons (Fsp3) is 0.333. The molecule has 2 aromatic carbocycles. The molecule has 3 rings (SSSR count). The van der Waals surface area contributed by atoms with Gasteiger partial charge in [0.2, 0.25) is 0 Å². The van der Waals surface area contributed by atoms with Crippen LogP contribution < -0.4 is 10.1 Å². The zero-order valence-electron chi connectivity index (χ0n) is 12.3. The normalized spacial score (nSPS) is 15.5. The van der Waals surface area contributed by atoms with E-state index in [-0.39, 0.29) is 12.6 Å². The van der Waals surface area contributed by atoms with Crippen LogP contribution in [0, 0.1) is 0 Å². The zero-order valence-corrected chi connectivity index (χ0v) is 12.3. The van der Waals surface area contributed by atoms with Crippen LogP contribution in [0.4, 0.5) is 5.69 Å². The Morgan fingerprint density at radius 2 is 2.00 bits per heavy atom. The summed E-state index contributed by atoms with van der Waals surface area (Å²) in [5, 5.41) is 13.2. The topological polar surface area (TPSA) is 41.5 Å². The maximum absolute atomic E-state index is 9.80. The summed E-state index contributed by atoms with van der Waals surface area (Å²) in [7, 11) is 1.66. The van der Waals surface area contributed by atoms with Crippen LogP contribution in [0.2, 0.25) is 0 Å². The molecule has 110 valence electrons. The Kier molecular flexibility index (Phi) is 4.11. The first-order valence-electron chi connectivity index (χ1n) is 7.42. The Hall–Kier alpha value is -2.00. The number of hydrogen-bond donors (Lipinski definition) is 2. The molecule has 1 atom stereocenters. The molecule has 2 N–H and O–H groups in total. The lowest BCUT2D eigenvalue weighted by Crippen LogP contribution is -2.16. The fourth-order valence-electron chi connectivity index (χ4n) is 2.73. The smallest absolute Gasteiger partial charge is 0.120 e. The summed E-state index contributed by atoms with van der Waals surface area (Å²) in [6, 6.07) is 16.1. The van der Waals surface area contributed by atoms with Gasteiger partial charge in [0, 0.05) is 11.8 Å². The Morgan fingerprint density at radius 3 is 2.71 bits per heavy atom. The molecule has 1 unspecified atom stereocenters. The minimum Gasteiger partial charge on any atom is -0.497 e. The first-order chi connectivity index (χ1) is 10.3. The largest absolute Gasteiger partial charge is 0.497 e. The molecule has 0 saturated heterocycles. The summed E-state index contributed by atoms with van der Waals surface area (Å²) in [6.07, 6.45) is 2.52. The highest BCUT2D eigenvalue weighted by Crippen LogP contribution is 2.43. The van der Waals surface area contributed by atoms with Gasteiger partial charge in [0.25, 0.3) is 0 Å². The van der Waals surface area contributed by atoms with Crippen molar-refractivity contribution in [3.05, 3.63) is 59.7 Å². The van der Waals surface area contributed by atoms with E-state index in [2.05, 4.69) is 23.5 Å². The molecule has 0 spiro atoms. The Labute approximate surface area is 125 Å². The van der Waals surface area contributed by atoms with E-state index in [0.29, 0.717) is 5.92 Å². The van der Waals surface area contributed by atoms with Gasteiger partial charge in [-0.15, -0.1) is 0 Å². The quantitative estimate of drug-likeness (QED) is 0.849. The Bertz CT molecular complexity index is 608. The second kappa shape index (κ2) is 6.19. The molecule has 2 aromatic rings. The van der Waals surface area contributed by atoms with Crippen molar-refractivity contribution in [2.24, 2.45) is 0 Å². The molecule has 0 heterocycles. The molecule has 1 saturated carbocycles. The SMILES string of the molecule is COc1cccc(NC(CO)c2ccccc2C2CC2)c1. The van der Waals surface area contributed by atoms with Gasteiger partial charge in [-0.1, -0.05) is 30.3 Å². The highest BCUT2D eigenvalue weighted by atomic mass is 16.5. The lowest BCUT2D eigenvalue weighted by atomic mass is 9.97. The third-order valence-electron chi connectivity index (χ3n) is 3.98. The van der Waals surface area contributed by atoms with Crippen LogP contribution in [-0.4, -0.2) is 18.8 Å². The summed E-state index contributed by atoms with van der Waals surface area (Å²) >= 11 is 0. The van der Waals surface area contributed by atoms with E-state index in [9.17, 15) is 5.11 Å². The maximum Gasteiger partial charge on any atom is 0.120 e.